The van der Waals surface area contributed by atoms with Crippen LogP contribution in [-0.4, -0.2) is 31.1 Å². The summed E-state index contributed by atoms with van der Waals surface area (Å²) in [5.74, 6) is 0. The van der Waals surface area contributed by atoms with E-state index in [9.17, 15) is 0 Å². The molecule has 0 radical (unpaired) electrons. The molecule has 1 fully saturated rings. The molecule has 0 unspecified atom stereocenters. The molecule has 1 N–H and O–H groups in total. The van der Waals surface area contributed by atoms with Crippen molar-refractivity contribution in [3.63, 3.8) is 0 Å². The first-order chi connectivity index (χ1) is 9.63. The van der Waals surface area contributed by atoms with Gasteiger partial charge in [-0.3, -0.25) is 0 Å². The summed E-state index contributed by atoms with van der Waals surface area (Å²) in [6.45, 7) is 2.14. The third-order valence-electron chi connectivity index (χ3n) is 4.68. The molecule has 1 aliphatic carbocycles. The summed E-state index contributed by atoms with van der Waals surface area (Å²) in [6, 6.07) is 8.18. The Morgan fingerprint density at radius 2 is 1.80 bits per heavy atom. The second-order valence-electron chi connectivity index (χ2n) is 6.21. The lowest BCUT2D eigenvalue weighted by atomic mass is 9.79. The molecule has 0 spiro atoms. The van der Waals surface area contributed by atoms with Gasteiger partial charge in [-0.15, -0.1) is 0 Å². The Labute approximate surface area is 128 Å². The van der Waals surface area contributed by atoms with E-state index in [2.05, 4.69) is 36.4 Å². The average Bonchev–Trinajstić information content (AvgIpc) is 2.49. The Morgan fingerprint density at radius 1 is 1.15 bits per heavy atom. The highest BCUT2D eigenvalue weighted by Gasteiger charge is 2.29. The van der Waals surface area contributed by atoms with Crippen LogP contribution >= 0.6 is 11.6 Å². The van der Waals surface area contributed by atoms with Crippen LogP contribution in [0, 0.1) is 0 Å². The smallest absolute Gasteiger partial charge is 0.0406 e. The largest absolute Gasteiger partial charge is 0.314 e. The normalized spacial score (nSPS) is 18.4. The number of hydrogen-bond acceptors (Lipinski definition) is 2. The first kappa shape index (κ1) is 15.8. The molecule has 0 aromatic heterocycles. The molecule has 0 aliphatic heterocycles. The topological polar surface area (TPSA) is 15.3 Å². The highest BCUT2D eigenvalue weighted by Crippen LogP contribution is 2.30. The fourth-order valence-electron chi connectivity index (χ4n) is 3.24. The predicted octanol–water partition coefficient (Wildman–Crippen LogP) is 4.08. The van der Waals surface area contributed by atoms with E-state index in [1.54, 1.807) is 0 Å². The summed E-state index contributed by atoms with van der Waals surface area (Å²) in [5.41, 5.74) is 1.71. The number of rotatable bonds is 6. The van der Waals surface area contributed by atoms with Gasteiger partial charge in [-0.05, 0) is 57.6 Å². The minimum Gasteiger partial charge on any atom is -0.314 e. The number of benzene rings is 1. The SMILES string of the molecule is CNC1(CCN(C)Cc2ccc(Cl)cc2)CCCCC1. The van der Waals surface area contributed by atoms with Crippen LogP contribution in [0.5, 0.6) is 0 Å². The quantitative estimate of drug-likeness (QED) is 0.850. The van der Waals surface area contributed by atoms with Gasteiger partial charge in [-0.25, -0.2) is 0 Å². The van der Waals surface area contributed by atoms with E-state index in [1.807, 2.05) is 12.1 Å². The van der Waals surface area contributed by atoms with Crippen LogP contribution < -0.4 is 5.32 Å². The maximum atomic E-state index is 5.93. The van der Waals surface area contributed by atoms with E-state index in [0.29, 0.717) is 5.54 Å². The monoisotopic (exact) mass is 294 g/mol. The molecule has 112 valence electrons. The highest BCUT2D eigenvalue weighted by atomic mass is 35.5. The molecule has 20 heavy (non-hydrogen) atoms. The number of hydrogen-bond donors (Lipinski definition) is 1. The highest BCUT2D eigenvalue weighted by molar-refractivity contribution is 6.30. The molecule has 2 nitrogen and oxygen atoms in total. The summed E-state index contributed by atoms with van der Waals surface area (Å²) in [7, 11) is 4.34. The Morgan fingerprint density at radius 3 is 2.40 bits per heavy atom. The molecule has 0 heterocycles. The molecule has 1 aromatic rings. The zero-order valence-electron chi connectivity index (χ0n) is 12.8. The molecule has 0 bridgehead atoms. The minimum absolute atomic E-state index is 0.381. The Bertz CT molecular complexity index is 396. The molecule has 3 heteroatoms. The van der Waals surface area contributed by atoms with Crippen LogP contribution in [-0.2, 0) is 6.54 Å². The van der Waals surface area contributed by atoms with Gasteiger partial charge in [0.2, 0.25) is 0 Å². The Hall–Kier alpha value is -0.570. The van der Waals surface area contributed by atoms with E-state index >= 15 is 0 Å². The average molecular weight is 295 g/mol. The van der Waals surface area contributed by atoms with E-state index in [-0.39, 0.29) is 0 Å². The van der Waals surface area contributed by atoms with Gasteiger partial charge in [-0.2, -0.15) is 0 Å². The summed E-state index contributed by atoms with van der Waals surface area (Å²) in [4.78, 5) is 2.41. The van der Waals surface area contributed by atoms with Gasteiger partial charge >= 0.3 is 0 Å². The lowest BCUT2D eigenvalue weighted by Gasteiger charge is -2.38. The third-order valence-corrected chi connectivity index (χ3v) is 4.93. The van der Waals surface area contributed by atoms with Crippen molar-refractivity contribution >= 4 is 11.6 Å². The van der Waals surface area contributed by atoms with Crippen LogP contribution in [0.1, 0.15) is 44.1 Å². The Kier molecular flexibility index (Phi) is 5.88. The first-order valence-electron chi connectivity index (χ1n) is 7.75. The van der Waals surface area contributed by atoms with Gasteiger partial charge < -0.3 is 10.2 Å². The summed E-state index contributed by atoms with van der Waals surface area (Å²) < 4.78 is 0. The van der Waals surface area contributed by atoms with Gasteiger partial charge in [0.15, 0.2) is 0 Å². The van der Waals surface area contributed by atoms with Crippen molar-refractivity contribution in [2.24, 2.45) is 0 Å². The molecular weight excluding hydrogens is 268 g/mol. The lowest BCUT2D eigenvalue weighted by Crippen LogP contribution is -2.46. The zero-order chi connectivity index (χ0) is 14.4. The van der Waals surface area contributed by atoms with Crippen molar-refractivity contribution in [2.75, 3.05) is 20.6 Å². The van der Waals surface area contributed by atoms with Crippen molar-refractivity contribution in [2.45, 2.75) is 50.6 Å². The van der Waals surface area contributed by atoms with E-state index in [0.717, 1.165) is 18.1 Å². The minimum atomic E-state index is 0.381. The van der Waals surface area contributed by atoms with Crippen LogP contribution in [0.4, 0.5) is 0 Å². The van der Waals surface area contributed by atoms with E-state index < -0.39 is 0 Å². The summed E-state index contributed by atoms with van der Waals surface area (Å²) >= 11 is 5.93. The predicted molar refractivity (Wildman–Crippen MR) is 87.3 cm³/mol. The van der Waals surface area contributed by atoms with Gasteiger partial charge in [0, 0.05) is 17.1 Å². The fraction of sp³-hybridized carbons (Fsp3) is 0.647. The second kappa shape index (κ2) is 7.44. The summed E-state index contributed by atoms with van der Waals surface area (Å²) in [5, 5.41) is 4.41. The summed E-state index contributed by atoms with van der Waals surface area (Å²) in [6.07, 6.45) is 8.07. The van der Waals surface area contributed by atoms with Crippen LogP contribution in [0.15, 0.2) is 24.3 Å². The van der Waals surface area contributed by atoms with Gasteiger partial charge in [-0.1, -0.05) is 43.0 Å². The van der Waals surface area contributed by atoms with E-state index in [4.69, 9.17) is 11.6 Å². The van der Waals surface area contributed by atoms with Crippen LogP contribution in [0.3, 0.4) is 0 Å². The van der Waals surface area contributed by atoms with Crippen molar-refractivity contribution in [1.82, 2.24) is 10.2 Å². The van der Waals surface area contributed by atoms with Crippen molar-refractivity contribution in [3.05, 3.63) is 34.9 Å². The van der Waals surface area contributed by atoms with Crippen molar-refractivity contribution in [3.8, 4) is 0 Å². The first-order valence-corrected chi connectivity index (χ1v) is 8.13. The van der Waals surface area contributed by atoms with Gasteiger partial charge in [0.1, 0.15) is 0 Å². The molecule has 0 atom stereocenters. The standard InChI is InChI=1S/C17H27ClN2/c1-19-17(10-4-3-5-11-17)12-13-20(2)14-15-6-8-16(18)9-7-15/h6-9,19H,3-5,10-14H2,1-2H3. The molecule has 0 saturated heterocycles. The zero-order valence-corrected chi connectivity index (χ0v) is 13.5. The second-order valence-corrected chi connectivity index (χ2v) is 6.64. The third kappa shape index (κ3) is 4.47. The maximum Gasteiger partial charge on any atom is 0.0406 e. The molecule has 1 saturated carbocycles. The van der Waals surface area contributed by atoms with Crippen molar-refractivity contribution < 1.29 is 0 Å². The molecule has 1 aromatic carbocycles. The number of nitrogens with one attached hydrogen (secondary N) is 1. The number of halogens is 1. The molecular formula is C17H27ClN2. The molecule has 0 amide bonds. The van der Waals surface area contributed by atoms with Gasteiger partial charge in [0.25, 0.3) is 0 Å². The Balaban J connectivity index is 1.81. The van der Waals surface area contributed by atoms with Gasteiger partial charge in [0.05, 0.1) is 0 Å². The van der Waals surface area contributed by atoms with Crippen molar-refractivity contribution in [1.29, 1.82) is 0 Å². The van der Waals surface area contributed by atoms with E-state index in [1.165, 1.54) is 44.1 Å². The fourth-order valence-corrected chi connectivity index (χ4v) is 3.36. The molecule has 2 rings (SSSR count). The molecule has 1 aliphatic rings. The number of nitrogens with zero attached hydrogens (tertiary/aromatic N) is 1. The maximum absolute atomic E-state index is 5.93. The van der Waals surface area contributed by atoms with Crippen LogP contribution in [0.2, 0.25) is 5.02 Å². The lowest BCUT2D eigenvalue weighted by molar-refractivity contribution is 0.194. The van der Waals surface area contributed by atoms with Crippen LogP contribution in [0.25, 0.3) is 0 Å².